The lowest BCUT2D eigenvalue weighted by Gasteiger charge is -2.35. The molecule has 0 heterocycles. The third-order valence-electron chi connectivity index (χ3n) is 4.80. The van der Waals surface area contributed by atoms with Crippen molar-refractivity contribution >= 4 is 12.2 Å². The van der Waals surface area contributed by atoms with Crippen LogP contribution in [0.1, 0.15) is 81.1 Å². The maximum atomic E-state index is 12.4. The van der Waals surface area contributed by atoms with E-state index in [1.165, 1.54) is 0 Å². The first-order valence-electron chi connectivity index (χ1n) is 10.0. The summed E-state index contributed by atoms with van der Waals surface area (Å²) in [6, 6.07) is 0.436. The quantitative estimate of drug-likeness (QED) is 0.673. The van der Waals surface area contributed by atoms with E-state index in [-0.39, 0.29) is 48.6 Å². The lowest BCUT2D eigenvalue weighted by atomic mass is 9.95. The zero-order valence-corrected chi connectivity index (χ0v) is 17.8. The fourth-order valence-electron chi connectivity index (χ4n) is 3.71. The van der Waals surface area contributed by atoms with Gasteiger partial charge in [-0.05, 0) is 81.1 Å². The second kappa shape index (κ2) is 10.0. The molecule has 6 nitrogen and oxygen atoms in total. The Bertz CT molecular complexity index is 397. The van der Waals surface area contributed by atoms with Crippen LogP contribution in [0.2, 0.25) is 0 Å². The van der Waals surface area contributed by atoms with E-state index in [0.717, 1.165) is 25.7 Å². The molecule has 1 saturated carbocycles. The van der Waals surface area contributed by atoms with E-state index in [2.05, 4.69) is 0 Å². The van der Waals surface area contributed by atoms with Crippen molar-refractivity contribution in [2.45, 2.75) is 117 Å². The molecule has 0 N–H and O–H groups in total. The second-order valence-corrected chi connectivity index (χ2v) is 8.36. The highest BCUT2D eigenvalue weighted by Crippen LogP contribution is 2.25. The molecule has 0 aliphatic heterocycles. The van der Waals surface area contributed by atoms with Crippen molar-refractivity contribution in [1.29, 1.82) is 0 Å². The van der Waals surface area contributed by atoms with E-state index in [1.54, 1.807) is 9.80 Å². The highest BCUT2D eigenvalue weighted by molar-refractivity contribution is 5.69. The van der Waals surface area contributed by atoms with Gasteiger partial charge in [-0.3, -0.25) is 0 Å². The highest BCUT2D eigenvalue weighted by atomic mass is 16.6. The molecule has 1 fully saturated rings. The summed E-state index contributed by atoms with van der Waals surface area (Å²) in [7, 11) is 0. The summed E-state index contributed by atoms with van der Waals surface area (Å²) < 4.78 is 11.4. The number of ether oxygens (including phenoxy) is 2. The Labute approximate surface area is 159 Å². The van der Waals surface area contributed by atoms with Crippen LogP contribution in [-0.2, 0) is 9.47 Å². The molecule has 152 valence electrons. The van der Waals surface area contributed by atoms with Crippen molar-refractivity contribution in [2.75, 3.05) is 0 Å². The maximum absolute atomic E-state index is 12.4. The molecule has 1 aliphatic carbocycles. The number of rotatable bonds is 6. The molecule has 0 aromatic heterocycles. The van der Waals surface area contributed by atoms with E-state index in [1.807, 2.05) is 55.4 Å². The van der Waals surface area contributed by atoms with Crippen LogP contribution >= 0.6 is 0 Å². The summed E-state index contributed by atoms with van der Waals surface area (Å²) >= 11 is 0. The maximum Gasteiger partial charge on any atom is 0.410 e. The monoisotopic (exact) mass is 370 g/mol. The van der Waals surface area contributed by atoms with Crippen LogP contribution in [0, 0.1) is 0 Å². The Hall–Kier alpha value is -1.46. The molecule has 2 amide bonds. The number of amides is 2. The van der Waals surface area contributed by atoms with Gasteiger partial charge in [0, 0.05) is 24.2 Å². The van der Waals surface area contributed by atoms with Crippen LogP contribution in [0.5, 0.6) is 0 Å². The zero-order chi connectivity index (χ0) is 20.0. The van der Waals surface area contributed by atoms with Gasteiger partial charge in [0.15, 0.2) is 0 Å². The fraction of sp³-hybridized carbons (Fsp3) is 0.900. The Morgan fingerprint density at radius 1 is 0.615 bits per heavy atom. The molecule has 1 rings (SSSR count). The average Bonchev–Trinajstić information content (AvgIpc) is 2.47. The normalized spacial score (nSPS) is 20.6. The van der Waals surface area contributed by atoms with Gasteiger partial charge in [0.25, 0.3) is 0 Å². The van der Waals surface area contributed by atoms with Gasteiger partial charge in [-0.2, -0.15) is 0 Å². The van der Waals surface area contributed by atoms with Crippen LogP contribution in [0.25, 0.3) is 0 Å². The van der Waals surface area contributed by atoms with Gasteiger partial charge in [0.1, 0.15) is 12.2 Å². The minimum absolute atomic E-state index is 0.0937. The molecule has 0 spiro atoms. The summed E-state index contributed by atoms with van der Waals surface area (Å²) in [4.78, 5) is 28.3. The van der Waals surface area contributed by atoms with Crippen LogP contribution < -0.4 is 0 Å². The lowest BCUT2D eigenvalue weighted by molar-refractivity contribution is -0.00998. The molecule has 0 aromatic rings. The minimum Gasteiger partial charge on any atom is -0.446 e. The Morgan fingerprint density at radius 3 is 1.04 bits per heavy atom. The van der Waals surface area contributed by atoms with Crippen molar-refractivity contribution < 1.29 is 19.1 Å². The zero-order valence-electron chi connectivity index (χ0n) is 17.8. The Kier molecular flexibility index (Phi) is 8.71. The van der Waals surface area contributed by atoms with Gasteiger partial charge >= 0.3 is 12.2 Å². The summed E-state index contributed by atoms with van der Waals surface area (Å²) in [6.07, 6.45) is 2.25. The van der Waals surface area contributed by atoms with Crippen molar-refractivity contribution in [3.05, 3.63) is 0 Å². The second-order valence-electron chi connectivity index (χ2n) is 8.36. The smallest absolute Gasteiger partial charge is 0.410 e. The van der Waals surface area contributed by atoms with Gasteiger partial charge in [0.05, 0.1) is 0 Å². The fourth-order valence-corrected chi connectivity index (χ4v) is 3.71. The largest absolute Gasteiger partial charge is 0.446 e. The summed E-state index contributed by atoms with van der Waals surface area (Å²) in [5.74, 6) is 0. The molecular formula is C20H38N2O4. The topological polar surface area (TPSA) is 59.1 Å². The van der Waals surface area contributed by atoms with E-state index in [0.29, 0.717) is 0 Å². The Morgan fingerprint density at radius 2 is 0.846 bits per heavy atom. The average molecular weight is 371 g/mol. The third-order valence-corrected chi connectivity index (χ3v) is 4.80. The molecular weight excluding hydrogens is 332 g/mol. The molecule has 0 unspecified atom stereocenters. The van der Waals surface area contributed by atoms with E-state index in [4.69, 9.17) is 9.47 Å². The van der Waals surface area contributed by atoms with E-state index in [9.17, 15) is 9.59 Å². The summed E-state index contributed by atoms with van der Waals surface area (Å²) in [5, 5.41) is 0. The summed E-state index contributed by atoms with van der Waals surface area (Å²) in [5.41, 5.74) is 0. The number of carbonyl (C=O) groups excluding carboxylic acids is 2. The van der Waals surface area contributed by atoms with Gasteiger partial charge < -0.3 is 19.3 Å². The van der Waals surface area contributed by atoms with Crippen LogP contribution in [0.4, 0.5) is 9.59 Å². The first-order chi connectivity index (χ1) is 12.0. The van der Waals surface area contributed by atoms with Gasteiger partial charge in [-0.1, -0.05) is 0 Å². The van der Waals surface area contributed by atoms with Crippen molar-refractivity contribution in [3.8, 4) is 0 Å². The number of nitrogens with zero attached hydrogens (tertiary/aromatic N) is 2. The van der Waals surface area contributed by atoms with Crippen LogP contribution in [0.15, 0.2) is 0 Å². The van der Waals surface area contributed by atoms with Gasteiger partial charge in [-0.25, -0.2) is 9.59 Å². The predicted molar refractivity (Wildman–Crippen MR) is 103 cm³/mol. The molecule has 26 heavy (non-hydrogen) atoms. The first-order valence-corrected chi connectivity index (χ1v) is 10.0. The number of hydrogen-bond donors (Lipinski definition) is 0. The van der Waals surface area contributed by atoms with Gasteiger partial charge in [-0.15, -0.1) is 0 Å². The molecule has 0 radical (unpaired) electrons. The van der Waals surface area contributed by atoms with Crippen LogP contribution in [-0.4, -0.2) is 58.4 Å². The first kappa shape index (κ1) is 22.6. The van der Waals surface area contributed by atoms with Gasteiger partial charge in [0.2, 0.25) is 0 Å². The molecule has 6 heteroatoms. The molecule has 0 saturated heterocycles. The number of hydrogen-bond acceptors (Lipinski definition) is 4. The number of carbonyl (C=O) groups is 2. The van der Waals surface area contributed by atoms with Crippen molar-refractivity contribution in [1.82, 2.24) is 9.80 Å². The molecule has 0 bridgehead atoms. The predicted octanol–water partition coefficient (Wildman–Crippen LogP) is 4.81. The van der Waals surface area contributed by atoms with Crippen molar-refractivity contribution in [3.63, 3.8) is 0 Å². The Balaban J connectivity index is 2.50. The van der Waals surface area contributed by atoms with E-state index >= 15 is 0 Å². The molecule has 0 atom stereocenters. The van der Waals surface area contributed by atoms with Crippen LogP contribution in [0.3, 0.4) is 0 Å². The SMILES string of the molecule is CC(C)N(C(=O)OC1CCC(OC(=O)N(C(C)C)C(C)C)CC1)C(C)C. The molecule has 0 aromatic carbocycles. The third kappa shape index (κ3) is 6.36. The van der Waals surface area contributed by atoms with Crippen molar-refractivity contribution in [2.24, 2.45) is 0 Å². The standard InChI is InChI=1S/C20H38N2O4/c1-13(2)21(14(3)4)19(23)25-17-9-11-18(12-10-17)26-20(24)22(15(5)6)16(7)8/h13-18H,9-12H2,1-8H3. The lowest BCUT2D eigenvalue weighted by Crippen LogP contribution is -2.45. The van der Waals surface area contributed by atoms with E-state index < -0.39 is 0 Å². The highest BCUT2D eigenvalue weighted by Gasteiger charge is 2.31. The summed E-state index contributed by atoms with van der Waals surface area (Å²) in [6.45, 7) is 15.9. The molecule has 1 aliphatic rings. The minimum atomic E-state index is -0.249.